The summed E-state index contributed by atoms with van der Waals surface area (Å²) in [5, 5.41) is 13.2. The lowest BCUT2D eigenvalue weighted by Gasteiger charge is -2.45. The zero-order valence-corrected chi connectivity index (χ0v) is 13.2. The van der Waals surface area contributed by atoms with Crippen LogP contribution in [-0.2, 0) is 0 Å². The van der Waals surface area contributed by atoms with E-state index in [2.05, 4.69) is 41.3 Å². The Labute approximate surface area is 131 Å². The predicted octanol–water partition coefficient (Wildman–Crippen LogP) is 3.51. The van der Waals surface area contributed by atoms with Crippen molar-refractivity contribution in [2.24, 2.45) is 0 Å². The molecule has 116 valence electrons. The maximum absolute atomic E-state index is 10.9. The van der Waals surface area contributed by atoms with E-state index in [0.717, 1.165) is 29.8 Å². The van der Waals surface area contributed by atoms with E-state index in [1.165, 1.54) is 18.2 Å². The third kappa shape index (κ3) is 2.03. The van der Waals surface area contributed by atoms with Crippen molar-refractivity contribution in [2.45, 2.75) is 44.4 Å². The molecule has 4 rings (SSSR count). The van der Waals surface area contributed by atoms with E-state index in [1.807, 2.05) is 13.8 Å². The SMILES string of the molecule is CC1(C)Oc2c(ccc3ccccc23)[C@@H](N2CCCC2)[C@@H]1O. The fourth-order valence-electron chi connectivity index (χ4n) is 3.90. The predicted molar refractivity (Wildman–Crippen MR) is 88.2 cm³/mol. The molecule has 2 aliphatic rings. The Kier molecular flexibility index (Phi) is 3.17. The van der Waals surface area contributed by atoms with Gasteiger partial charge in [-0.3, -0.25) is 4.90 Å². The zero-order valence-electron chi connectivity index (χ0n) is 13.2. The molecule has 1 N–H and O–H groups in total. The fourth-order valence-corrected chi connectivity index (χ4v) is 3.90. The van der Waals surface area contributed by atoms with E-state index in [0.29, 0.717) is 0 Å². The summed E-state index contributed by atoms with van der Waals surface area (Å²) in [5.74, 6) is 0.949. The van der Waals surface area contributed by atoms with Gasteiger partial charge in [0.15, 0.2) is 0 Å². The lowest BCUT2D eigenvalue weighted by molar-refractivity contribution is -0.0886. The van der Waals surface area contributed by atoms with E-state index >= 15 is 0 Å². The molecule has 0 aromatic heterocycles. The van der Waals surface area contributed by atoms with Gasteiger partial charge in [-0.25, -0.2) is 0 Å². The fraction of sp³-hybridized carbons (Fsp3) is 0.474. The molecule has 0 saturated carbocycles. The highest BCUT2D eigenvalue weighted by Gasteiger charge is 2.46. The van der Waals surface area contributed by atoms with Crippen molar-refractivity contribution in [1.82, 2.24) is 4.90 Å². The van der Waals surface area contributed by atoms with Crippen LogP contribution in [0.2, 0.25) is 0 Å². The van der Waals surface area contributed by atoms with Gasteiger partial charge in [-0.15, -0.1) is 0 Å². The Hall–Kier alpha value is -1.58. The minimum Gasteiger partial charge on any atom is -0.484 e. The minimum atomic E-state index is -0.579. The van der Waals surface area contributed by atoms with Crippen LogP contribution < -0.4 is 4.74 Å². The highest BCUT2D eigenvalue weighted by molar-refractivity contribution is 5.90. The summed E-state index contributed by atoms with van der Waals surface area (Å²) in [7, 11) is 0. The zero-order chi connectivity index (χ0) is 15.3. The van der Waals surface area contributed by atoms with Gasteiger partial charge in [-0.1, -0.05) is 36.4 Å². The smallest absolute Gasteiger partial charge is 0.132 e. The monoisotopic (exact) mass is 297 g/mol. The Morgan fingerprint density at radius 2 is 1.82 bits per heavy atom. The van der Waals surface area contributed by atoms with Crippen LogP contribution in [-0.4, -0.2) is 34.8 Å². The second-order valence-electron chi connectivity index (χ2n) is 7.04. The van der Waals surface area contributed by atoms with E-state index in [-0.39, 0.29) is 6.04 Å². The van der Waals surface area contributed by atoms with Gasteiger partial charge in [-0.05, 0) is 45.2 Å². The molecular formula is C19H23NO2. The van der Waals surface area contributed by atoms with Crippen molar-refractivity contribution in [1.29, 1.82) is 0 Å². The van der Waals surface area contributed by atoms with Crippen LogP contribution in [0, 0.1) is 0 Å². The van der Waals surface area contributed by atoms with E-state index < -0.39 is 11.7 Å². The van der Waals surface area contributed by atoms with Gasteiger partial charge in [0.1, 0.15) is 17.5 Å². The van der Waals surface area contributed by atoms with Gasteiger partial charge < -0.3 is 9.84 Å². The van der Waals surface area contributed by atoms with Gasteiger partial charge >= 0.3 is 0 Å². The molecular weight excluding hydrogens is 274 g/mol. The molecule has 2 heterocycles. The molecule has 1 fully saturated rings. The summed E-state index contributed by atoms with van der Waals surface area (Å²) >= 11 is 0. The first-order chi connectivity index (χ1) is 10.6. The van der Waals surface area contributed by atoms with Crippen molar-refractivity contribution in [3.63, 3.8) is 0 Å². The van der Waals surface area contributed by atoms with Crippen molar-refractivity contribution in [3.05, 3.63) is 42.0 Å². The van der Waals surface area contributed by atoms with Crippen LogP contribution in [0.1, 0.15) is 38.3 Å². The van der Waals surface area contributed by atoms with Gasteiger partial charge in [0, 0.05) is 10.9 Å². The van der Waals surface area contributed by atoms with Gasteiger partial charge in [0.05, 0.1) is 6.04 Å². The maximum Gasteiger partial charge on any atom is 0.132 e. The van der Waals surface area contributed by atoms with Gasteiger partial charge in [0.2, 0.25) is 0 Å². The average Bonchev–Trinajstić information content (AvgIpc) is 3.02. The van der Waals surface area contributed by atoms with Crippen molar-refractivity contribution < 1.29 is 9.84 Å². The van der Waals surface area contributed by atoms with E-state index in [4.69, 9.17) is 4.74 Å². The van der Waals surface area contributed by atoms with Crippen molar-refractivity contribution in [2.75, 3.05) is 13.1 Å². The standard InChI is InChI=1S/C19H23NO2/c1-19(2)18(21)16(20-11-5-6-12-20)15-10-9-13-7-3-4-8-14(13)17(15)22-19/h3-4,7-10,16,18,21H,5-6,11-12H2,1-2H3/t16-,18+/m1/s1. The van der Waals surface area contributed by atoms with Crippen molar-refractivity contribution in [3.8, 4) is 5.75 Å². The number of benzene rings is 2. The lowest BCUT2D eigenvalue weighted by Crippen LogP contribution is -2.53. The number of rotatable bonds is 1. The molecule has 0 amide bonds. The first-order valence-corrected chi connectivity index (χ1v) is 8.21. The lowest BCUT2D eigenvalue weighted by atomic mass is 9.84. The van der Waals surface area contributed by atoms with Crippen LogP contribution in [0.3, 0.4) is 0 Å². The first-order valence-electron chi connectivity index (χ1n) is 8.21. The number of hydrogen-bond acceptors (Lipinski definition) is 3. The normalized spacial score (nSPS) is 27.6. The largest absolute Gasteiger partial charge is 0.484 e. The van der Waals surface area contributed by atoms with Crippen LogP contribution in [0.25, 0.3) is 10.8 Å². The molecule has 3 nitrogen and oxygen atoms in total. The number of hydrogen-bond donors (Lipinski definition) is 1. The summed E-state index contributed by atoms with van der Waals surface area (Å²) < 4.78 is 6.26. The van der Waals surface area contributed by atoms with Crippen molar-refractivity contribution >= 4 is 10.8 Å². The highest BCUT2D eigenvalue weighted by Crippen LogP contribution is 2.46. The molecule has 1 saturated heterocycles. The summed E-state index contributed by atoms with van der Waals surface area (Å²) in [6.45, 7) is 6.10. The number of ether oxygens (including phenoxy) is 1. The Morgan fingerprint density at radius 3 is 2.59 bits per heavy atom. The molecule has 0 unspecified atom stereocenters. The van der Waals surface area contributed by atoms with Gasteiger partial charge in [0.25, 0.3) is 0 Å². The Balaban J connectivity index is 1.92. The summed E-state index contributed by atoms with van der Waals surface area (Å²) in [4.78, 5) is 2.42. The molecule has 22 heavy (non-hydrogen) atoms. The Morgan fingerprint density at radius 1 is 1.09 bits per heavy atom. The molecule has 2 aliphatic heterocycles. The molecule has 2 atom stereocenters. The quantitative estimate of drug-likeness (QED) is 0.874. The van der Waals surface area contributed by atoms with Crippen LogP contribution in [0.15, 0.2) is 36.4 Å². The molecule has 2 aromatic carbocycles. The number of nitrogens with zero attached hydrogens (tertiary/aromatic N) is 1. The molecule has 2 aromatic rings. The number of fused-ring (bicyclic) bond motifs is 3. The van der Waals surface area contributed by atoms with Crippen LogP contribution in [0.4, 0.5) is 0 Å². The topological polar surface area (TPSA) is 32.7 Å². The van der Waals surface area contributed by atoms with E-state index in [1.54, 1.807) is 0 Å². The number of likely N-dealkylation sites (tertiary alicyclic amines) is 1. The summed E-state index contributed by atoms with van der Waals surface area (Å²) in [6, 6.07) is 12.6. The van der Waals surface area contributed by atoms with Crippen LogP contribution >= 0.6 is 0 Å². The third-order valence-corrected chi connectivity index (χ3v) is 5.14. The number of aliphatic hydroxyl groups is 1. The maximum atomic E-state index is 10.9. The minimum absolute atomic E-state index is 0.0332. The first kappa shape index (κ1) is 14.0. The highest BCUT2D eigenvalue weighted by atomic mass is 16.5. The molecule has 0 radical (unpaired) electrons. The second kappa shape index (κ2) is 4.97. The second-order valence-corrected chi connectivity index (χ2v) is 7.04. The number of aliphatic hydroxyl groups excluding tert-OH is 1. The van der Waals surface area contributed by atoms with Crippen LogP contribution in [0.5, 0.6) is 5.75 Å². The third-order valence-electron chi connectivity index (χ3n) is 5.14. The van der Waals surface area contributed by atoms with E-state index in [9.17, 15) is 5.11 Å². The molecule has 0 bridgehead atoms. The summed E-state index contributed by atoms with van der Waals surface area (Å²) in [6.07, 6.45) is 1.92. The summed E-state index contributed by atoms with van der Waals surface area (Å²) in [5.41, 5.74) is 0.553. The van der Waals surface area contributed by atoms with Gasteiger partial charge in [-0.2, -0.15) is 0 Å². The Bertz CT molecular complexity index is 704. The molecule has 0 spiro atoms. The molecule has 0 aliphatic carbocycles. The molecule has 3 heteroatoms. The average molecular weight is 297 g/mol.